The fourth-order valence-corrected chi connectivity index (χ4v) is 2.79. The highest BCUT2D eigenvalue weighted by molar-refractivity contribution is 7.72. The number of carbonyl (C=O) groups is 1. The second-order valence-corrected chi connectivity index (χ2v) is 5.29. The maximum atomic E-state index is 12.2. The molecule has 0 saturated heterocycles. The van der Waals surface area contributed by atoms with Crippen molar-refractivity contribution < 1.29 is 27.6 Å². The Morgan fingerprint density at radius 2 is 1.94 bits per heavy atom. The molecular weight excluding hydrogens is 259 g/mol. The Bertz CT molecular complexity index is 428. The number of rotatable bonds is 8. The monoisotopic (exact) mass is 276 g/mol. The molecule has 0 bridgehead atoms. The summed E-state index contributed by atoms with van der Waals surface area (Å²) in [6, 6.07) is 1.47. The molecule has 0 spiro atoms. The second kappa shape index (κ2) is 6.85. The molecule has 6 nitrogen and oxygen atoms in total. The average Bonchev–Trinajstić information content (AvgIpc) is 2.78. The van der Waals surface area contributed by atoms with Gasteiger partial charge in [-0.1, -0.05) is 0 Å². The molecule has 0 aromatic carbocycles. The lowest BCUT2D eigenvalue weighted by Crippen LogP contribution is -2.06. The van der Waals surface area contributed by atoms with E-state index in [-0.39, 0.29) is 25.4 Å². The van der Waals surface area contributed by atoms with E-state index in [2.05, 4.69) is 0 Å². The first-order valence-electron chi connectivity index (χ1n) is 5.57. The normalized spacial score (nSPS) is 11.7. The highest BCUT2D eigenvalue weighted by atomic mass is 31.2. The van der Waals surface area contributed by atoms with Gasteiger partial charge in [0.05, 0.1) is 18.8 Å². The van der Waals surface area contributed by atoms with Gasteiger partial charge in [-0.05, 0) is 19.9 Å². The first-order valence-corrected chi connectivity index (χ1v) is 7.12. The number of ether oxygens (including phenoxy) is 1. The van der Waals surface area contributed by atoms with Gasteiger partial charge in [-0.3, -0.25) is 9.36 Å². The Labute approximate surface area is 106 Å². The summed E-state index contributed by atoms with van der Waals surface area (Å²) >= 11 is 0. The highest BCUT2D eigenvalue weighted by Gasteiger charge is 2.36. The first kappa shape index (κ1) is 15.1. The zero-order chi connectivity index (χ0) is 13.6. The quantitative estimate of drug-likeness (QED) is 0.679. The predicted octanol–water partition coefficient (Wildman–Crippen LogP) is 2.83. The van der Waals surface area contributed by atoms with E-state index >= 15 is 0 Å². The lowest BCUT2D eigenvalue weighted by molar-refractivity contribution is 0.100. The van der Waals surface area contributed by atoms with Crippen LogP contribution < -0.4 is 0 Å². The minimum Gasteiger partial charge on any atom is -0.466 e. The smallest absolute Gasteiger partial charge is 0.401 e. The Balaban J connectivity index is 2.91. The van der Waals surface area contributed by atoms with Crippen LogP contribution in [0.2, 0.25) is 0 Å². The van der Waals surface area contributed by atoms with Crippen molar-refractivity contribution in [1.82, 2.24) is 0 Å². The lowest BCUT2D eigenvalue weighted by atomic mass is 10.3. The Morgan fingerprint density at radius 3 is 2.44 bits per heavy atom. The summed E-state index contributed by atoms with van der Waals surface area (Å²) < 4.78 is 32.1. The number of hydrogen-bond acceptors (Lipinski definition) is 6. The van der Waals surface area contributed by atoms with Gasteiger partial charge in [-0.2, -0.15) is 0 Å². The molecule has 1 heterocycles. The summed E-state index contributed by atoms with van der Waals surface area (Å²) in [6.45, 7) is 3.79. The molecule has 18 heavy (non-hydrogen) atoms. The van der Waals surface area contributed by atoms with Gasteiger partial charge in [0.1, 0.15) is 18.6 Å². The van der Waals surface area contributed by atoms with E-state index in [0.29, 0.717) is 5.76 Å². The van der Waals surface area contributed by atoms with E-state index in [9.17, 15) is 9.36 Å². The van der Waals surface area contributed by atoms with Crippen LogP contribution in [0.15, 0.2) is 16.7 Å². The van der Waals surface area contributed by atoms with E-state index in [0.717, 1.165) is 0 Å². The summed E-state index contributed by atoms with van der Waals surface area (Å²) in [6.07, 6.45) is 1.22. The van der Waals surface area contributed by atoms with E-state index < -0.39 is 13.1 Å². The highest BCUT2D eigenvalue weighted by Crippen LogP contribution is 2.51. The maximum absolute atomic E-state index is 12.2. The van der Waals surface area contributed by atoms with Crippen molar-refractivity contribution in [2.75, 3.05) is 20.3 Å². The number of methoxy groups -OCH3 is 1. The predicted molar refractivity (Wildman–Crippen MR) is 64.6 cm³/mol. The zero-order valence-corrected chi connectivity index (χ0v) is 11.6. The molecular formula is C11H17O6P. The summed E-state index contributed by atoms with van der Waals surface area (Å²) in [7, 11) is -2.27. The van der Waals surface area contributed by atoms with Crippen molar-refractivity contribution in [2.24, 2.45) is 0 Å². The summed E-state index contributed by atoms with van der Waals surface area (Å²) in [4.78, 5) is 12.1. The summed E-state index contributed by atoms with van der Waals surface area (Å²) in [5.41, 5.74) is -0.537. The van der Waals surface area contributed by atoms with Crippen molar-refractivity contribution in [3.05, 3.63) is 23.7 Å². The van der Waals surface area contributed by atoms with E-state index in [1.807, 2.05) is 0 Å². The zero-order valence-electron chi connectivity index (χ0n) is 10.7. The third kappa shape index (κ3) is 3.53. The molecule has 0 radical (unpaired) electrons. The van der Waals surface area contributed by atoms with Crippen LogP contribution in [0.5, 0.6) is 0 Å². The topological polar surface area (TPSA) is 75.0 Å². The van der Waals surface area contributed by atoms with Crippen LogP contribution in [0.25, 0.3) is 0 Å². The van der Waals surface area contributed by atoms with Crippen LogP contribution in [-0.2, 0) is 25.0 Å². The number of carbonyl (C=O) groups excluding carboxylic acids is 1. The fraction of sp³-hybridized carbons (Fsp3) is 0.545. The van der Waals surface area contributed by atoms with Gasteiger partial charge in [0.15, 0.2) is 0 Å². The number of furan rings is 1. The van der Waals surface area contributed by atoms with Crippen LogP contribution >= 0.6 is 7.60 Å². The lowest BCUT2D eigenvalue weighted by Gasteiger charge is -2.14. The molecule has 0 aliphatic rings. The van der Waals surface area contributed by atoms with Gasteiger partial charge in [0.25, 0.3) is 5.52 Å². The fourth-order valence-electron chi connectivity index (χ4n) is 1.36. The van der Waals surface area contributed by atoms with Gasteiger partial charge in [0, 0.05) is 7.11 Å². The molecule has 0 aliphatic carbocycles. The average molecular weight is 276 g/mol. The molecule has 7 heteroatoms. The second-order valence-electron chi connectivity index (χ2n) is 3.37. The van der Waals surface area contributed by atoms with Crippen molar-refractivity contribution in [3.63, 3.8) is 0 Å². The minimum absolute atomic E-state index is 0.131. The largest absolute Gasteiger partial charge is 0.466 e. The molecule has 0 fully saturated rings. The van der Waals surface area contributed by atoms with Crippen molar-refractivity contribution in [2.45, 2.75) is 20.5 Å². The molecule has 0 aliphatic heterocycles. The molecule has 1 rings (SSSR count). The third-order valence-corrected chi connectivity index (χ3v) is 3.99. The van der Waals surface area contributed by atoms with Gasteiger partial charge < -0.3 is 18.2 Å². The molecule has 0 unspecified atom stereocenters. The van der Waals surface area contributed by atoms with Crippen molar-refractivity contribution in [1.29, 1.82) is 0 Å². The van der Waals surface area contributed by atoms with E-state index in [4.69, 9.17) is 18.2 Å². The Kier molecular flexibility index (Phi) is 5.75. The third-order valence-electron chi connectivity index (χ3n) is 2.03. The SMILES string of the molecule is CCOP(=O)(OCC)C(=O)c1coc(COC)c1. The van der Waals surface area contributed by atoms with Crippen LogP contribution in [0, 0.1) is 0 Å². The van der Waals surface area contributed by atoms with E-state index in [1.165, 1.54) is 19.4 Å². The van der Waals surface area contributed by atoms with E-state index in [1.54, 1.807) is 13.8 Å². The standard InChI is InChI=1S/C11H17O6P/c1-4-16-18(13,17-5-2)11(12)9-6-10(8-14-3)15-7-9/h6-7H,4-5,8H2,1-3H3. The van der Waals surface area contributed by atoms with Crippen LogP contribution in [0.4, 0.5) is 0 Å². The van der Waals surface area contributed by atoms with Gasteiger partial charge >= 0.3 is 7.60 Å². The van der Waals surface area contributed by atoms with Crippen molar-refractivity contribution in [3.8, 4) is 0 Å². The first-order chi connectivity index (χ1) is 8.57. The minimum atomic E-state index is -3.78. The molecule has 0 N–H and O–H groups in total. The molecule has 0 atom stereocenters. The van der Waals surface area contributed by atoms with Crippen LogP contribution in [0.1, 0.15) is 30.0 Å². The molecule has 102 valence electrons. The Hall–Kier alpha value is -0.940. The molecule has 0 amide bonds. The van der Waals surface area contributed by atoms with Crippen LogP contribution in [0.3, 0.4) is 0 Å². The van der Waals surface area contributed by atoms with Crippen molar-refractivity contribution >= 4 is 13.1 Å². The van der Waals surface area contributed by atoms with Gasteiger partial charge in [-0.15, -0.1) is 0 Å². The maximum Gasteiger partial charge on any atom is 0.401 e. The Morgan fingerprint density at radius 1 is 1.33 bits per heavy atom. The van der Waals surface area contributed by atoms with Gasteiger partial charge in [-0.25, -0.2) is 0 Å². The summed E-state index contributed by atoms with van der Waals surface area (Å²) in [5, 5.41) is 0. The van der Waals surface area contributed by atoms with Crippen LogP contribution in [-0.4, -0.2) is 25.8 Å². The molecule has 0 saturated carbocycles. The molecule has 1 aromatic rings. The van der Waals surface area contributed by atoms with Gasteiger partial charge in [0.2, 0.25) is 0 Å². The summed E-state index contributed by atoms with van der Waals surface area (Å²) in [5.74, 6) is 0.473. The molecule has 1 aromatic heterocycles. The number of hydrogen-bond donors (Lipinski definition) is 0.